The second kappa shape index (κ2) is 4.24. The number of nitrogens with one attached hydrogen (secondary N) is 1. The predicted octanol–water partition coefficient (Wildman–Crippen LogP) is 1.08. The molecule has 1 fully saturated rings. The molecule has 1 aromatic heterocycles. The van der Waals surface area contributed by atoms with Crippen LogP contribution in [0.1, 0.15) is 32.6 Å². The fourth-order valence-corrected chi connectivity index (χ4v) is 2.13. The molecule has 0 aromatic carbocycles. The van der Waals surface area contributed by atoms with E-state index in [2.05, 4.69) is 5.32 Å². The largest absolute Gasteiger partial charge is 0.467 e. The van der Waals surface area contributed by atoms with Gasteiger partial charge >= 0.3 is 0 Å². The normalized spacial score (nSPS) is 26.9. The zero-order valence-electron chi connectivity index (χ0n) is 10.1. The van der Waals surface area contributed by atoms with Crippen molar-refractivity contribution in [2.75, 3.05) is 0 Å². The van der Waals surface area contributed by atoms with E-state index in [-0.39, 0.29) is 17.9 Å². The summed E-state index contributed by atoms with van der Waals surface area (Å²) in [6.07, 6.45) is 1.56. The van der Waals surface area contributed by atoms with E-state index < -0.39 is 12.1 Å². The summed E-state index contributed by atoms with van der Waals surface area (Å²) < 4.78 is 5.29. The number of hydrogen-bond donors (Lipinski definition) is 1. The van der Waals surface area contributed by atoms with Crippen molar-refractivity contribution >= 4 is 11.8 Å². The summed E-state index contributed by atoms with van der Waals surface area (Å²) in [5, 5.41) is 2.65. The number of amides is 2. The monoisotopic (exact) mass is 236 g/mol. The number of hydrogen-bond acceptors (Lipinski definition) is 3. The Morgan fingerprint density at radius 1 is 1.41 bits per heavy atom. The van der Waals surface area contributed by atoms with Crippen LogP contribution >= 0.6 is 0 Å². The van der Waals surface area contributed by atoms with E-state index in [1.807, 2.05) is 13.0 Å². The Balaban J connectivity index is 2.28. The van der Waals surface area contributed by atoms with Crippen LogP contribution in [-0.2, 0) is 9.59 Å². The van der Waals surface area contributed by atoms with Crippen molar-refractivity contribution in [1.29, 1.82) is 0 Å². The highest BCUT2D eigenvalue weighted by Crippen LogP contribution is 2.25. The molecule has 0 bridgehead atoms. The Morgan fingerprint density at radius 2 is 2.12 bits per heavy atom. The number of furan rings is 1. The van der Waals surface area contributed by atoms with Crippen molar-refractivity contribution in [3.8, 4) is 0 Å². The third-order valence-electron chi connectivity index (χ3n) is 3.15. The van der Waals surface area contributed by atoms with E-state index in [9.17, 15) is 9.59 Å². The van der Waals surface area contributed by atoms with Crippen LogP contribution in [-0.4, -0.2) is 28.8 Å². The minimum absolute atomic E-state index is 0.0824. The van der Waals surface area contributed by atoms with Gasteiger partial charge in [-0.1, -0.05) is 0 Å². The standard InChI is InChI=1S/C12H16N2O3/c1-7-12(16)14(9(3)11(15)13-7)8(2)10-5-4-6-17-10/h4-9H,1-3H3,(H,13,15). The molecule has 1 aliphatic rings. The molecule has 92 valence electrons. The maximum Gasteiger partial charge on any atom is 0.246 e. The zero-order valence-corrected chi connectivity index (χ0v) is 10.1. The molecule has 1 N–H and O–H groups in total. The lowest BCUT2D eigenvalue weighted by Crippen LogP contribution is -2.61. The first-order chi connectivity index (χ1) is 8.02. The zero-order chi connectivity index (χ0) is 12.6. The van der Waals surface area contributed by atoms with Crippen molar-refractivity contribution in [1.82, 2.24) is 10.2 Å². The molecule has 1 aliphatic heterocycles. The predicted molar refractivity (Wildman–Crippen MR) is 61.0 cm³/mol. The van der Waals surface area contributed by atoms with Crippen LogP contribution < -0.4 is 5.32 Å². The van der Waals surface area contributed by atoms with Gasteiger partial charge in [0.2, 0.25) is 11.8 Å². The second-order valence-electron chi connectivity index (χ2n) is 4.34. The molecule has 2 amide bonds. The van der Waals surface area contributed by atoms with Gasteiger partial charge in [-0.2, -0.15) is 0 Å². The van der Waals surface area contributed by atoms with Crippen molar-refractivity contribution < 1.29 is 14.0 Å². The molecule has 17 heavy (non-hydrogen) atoms. The lowest BCUT2D eigenvalue weighted by atomic mass is 10.1. The Bertz CT molecular complexity index is 427. The Kier molecular flexibility index (Phi) is 2.92. The molecule has 0 aliphatic carbocycles. The molecular weight excluding hydrogens is 220 g/mol. The maximum absolute atomic E-state index is 12.1. The highest BCUT2D eigenvalue weighted by atomic mass is 16.3. The molecule has 1 aromatic rings. The molecule has 0 saturated carbocycles. The number of carbonyl (C=O) groups is 2. The molecule has 0 spiro atoms. The van der Waals surface area contributed by atoms with Gasteiger partial charge in [-0.3, -0.25) is 9.59 Å². The van der Waals surface area contributed by atoms with Gasteiger partial charge in [-0.15, -0.1) is 0 Å². The Labute approximate surface area is 99.8 Å². The minimum Gasteiger partial charge on any atom is -0.467 e. The first-order valence-electron chi connectivity index (χ1n) is 5.68. The summed E-state index contributed by atoms with van der Waals surface area (Å²) in [5.74, 6) is 0.476. The number of carbonyl (C=O) groups excluding carboxylic acids is 2. The van der Waals surface area contributed by atoms with E-state index in [1.54, 1.807) is 31.1 Å². The topological polar surface area (TPSA) is 62.6 Å². The van der Waals surface area contributed by atoms with Crippen LogP contribution in [0.15, 0.2) is 22.8 Å². The Morgan fingerprint density at radius 3 is 2.71 bits per heavy atom. The van der Waals surface area contributed by atoms with Crippen LogP contribution in [0.3, 0.4) is 0 Å². The van der Waals surface area contributed by atoms with Crippen molar-refractivity contribution in [3.05, 3.63) is 24.2 Å². The highest BCUT2D eigenvalue weighted by molar-refractivity contribution is 5.96. The summed E-state index contributed by atoms with van der Waals surface area (Å²) in [4.78, 5) is 25.4. The Hall–Kier alpha value is -1.78. The van der Waals surface area contributed by atoms with Gasteiger partial charge in [0.15, 0.2) is 0 Å². The molecule has 2 heterocycles. The van der Waals surface area contributed by atoms with E-state index >= 15 is 0 Å². The molecular formula is C12H16N2O3. The van der Waals surface area contributed by atoms with Gasteiger partial charge in [0.1, 0.15) is 17.8 Å². The minimum atomic E-state index is -0.476. The number of nitrogens with zero attached hydrogens (tertiary/aromatic N) is 1. The van der Waals surface area contributed by atoms with E-state index in [1.165, 1.54) is 0 Å². The van der Waals surface area contributed by atoms with Crippen LogP contribution in [0.25, 0.3) is 0 Å². The van der Waals surface area contributed by atoms with E-state index in [0.29, 0.717) is 5.76 Å². The van der Waals surface area contributed by atoms with E-state index in [4.69, 9.17) is 4.42 Å². The number of piperazine rings is 1. The van der Waals surface area contributed by atoms with Crippen LogP contribution in [0.2, 0.25) is 0 Å². The van der Waals surface area contributed by atoms with Crippen molar-refractivity contribution in [2.24, 2.45) is 0 Å². The average Bonchev–Trinajstić information content (AvgIpc) is 2.80. The van der Waals surface area contributed by atoms with Crippen molar-refractivity contribution in [3.63, 3.8) is 0 Å². The van der Waals surface area contributed by atoms with E-state index in [0.717, 1.165) is 0 Å². The number of rotatable bonds is 2. The highest BCUT2D eigenvalue weighted by Gasteiger charge is 2.39. The summed E-state index contributed by atoms with van der Waals surface area (Å²) in [5.41, 5.74) is 0. The van der Waals surface area contributed by atoms with Gasteiger partial charge in [0.25, 0.3) is 0 Å². The van der Waals surface area contributed by atoms with Gasteiger partial charge in [-0.05, 0) is 32.9 Å². The van der Waals surface area contributed by atoms with Gasteiger partial charge in [0.05, 0.1) is 12.3 Å². The molecule has 2 rings (SSSR count). The SMILES string of the molecule is CC1NC(=O)C(C)N(C(C)c2ccco2)C1=O. The summed E-state index contributed by atoms with van der Waals surface area (Å²) >= 11 is 0. The summed E-state index contributed by atoms with van der Waals surface area (Å²) in [6, 6.07) is 2.40. The lowest BCUT2D eigenvalue weighted by Gasteiger charge is -2.39. The van der Waals surface area contributed by atoms with Gasteiger partial charge < -0.3 is 14.6 Å². The smallest absolute Gasteiger partial charge is 0.246 e. The second-order valence-corrected chi connectivity index (χ2v) is 4.34. The lowest BCUT2D eigenvalue weighted by molar-refractivity contribution is -0.151. The van der Waals surface area contributed by atoms with Gasteiger partial charge in [0, 0.05) is 0 Å². The first-order valence-corrected chi connectivity index (χ1v) is 5.68. The quantitative estimate of drug-likeness (QED) is 0.835. The van der Waals surface area contributed by atoms with Crippen LogP contribution in [0.5, 0.6) is 0 Å². The molecule has 3 unspecified atom stereocenters. The molecule has 5 nitrogen and oxygen atoms in total. The molecule has 1 saturated heterocycles. The summed E-state index contributed by atoms with van der Waals surface area (Å²) in [7, 11) is 0. The van der Waals surface area contributed by atoms with Crippen LogP contribution in [0, 0.1) is 0 Å². The molecule has 0 radical (unpaired) electrons. The molecule has 3 atom stereocenters. The van der Waals surface area contributed by atoms with Gasteiger partial charge in [-0.25, -0.2) is 0 Å². The third kappa shape index (κ3) is 1.92. The van der Waals surface area contributed by atoms with Crippen molar-refractivity contribution in [2.45, 2.75) is 38.9 Å². The third-order valence-corrected chi connectivity index (χ3v) is 3.15. The summed E-state index contributed by atoms with van der Waals surface area (Å²) in [6.45, 7) is 5.27. The molecule has 5 heteroatoms. The fraction of sp³-hybridized carbons (Fsp3) is 0.500. The first kappa shape index (κ1) is 11.7. The maximum atomic E-state index is 12.1. The van der Waals surface area contributed by atoms with Crippen LogP contribution in [0.4, 0.5) is 0 Å². The fourth-order valence-electron chi connectivity index (χ4n) is 2.13. The average molecular weight is 236 g/mol.